The Morgan fingerprint density at radius 3 is 3.00 bits per heavy atom. The van der Waals surface area contributed by atoms with Crippen LogP contribution in [0.4, 0.5) is 0 Å². The molecule has 1 N–H and O–H groups in total. The van der Waals surface area contributed by atoms with Crippen LogP contribution in [0, 0.1) is 0 Å². The number of likely N-dealkylation sites (tertiary alicyclic amines) is 1. The Morgan fingerprint density at radius 2 is 2.16 bits per heavy atom. The molecule has 1 unspecified atom stereocenters. The van der Waals surface area contributed by atoms with E-state index in [1.54, 1.807) is 11.3 Å². The number of aryl methyl sites for hydroxylation is 1. The first-order valence-corrected chi connectivity index (χ1v) is 9.95. The first-order chi connectivity index (χ1) is 12.3. The zero-order valence-corrected chi connectivity index (χ0v) is 15.4. The van der Waals surface area contributed by atoms with Crippen molar-refractivity contribution >= 4 is 11.3 Å². The predicted molar refractivity (Wildman–Crippen MR) is 103 cm³/mol. The highest BCUT2D eigenvalue weighted by molar-refractivity contribution is 7.09. The van der Waals surface area contributed by atoms with E-state index in [4.69, 9.17) is 4.98 Å². The van der Waals surface area contributed by atoms with Crippen molar-refractivity contribution in [1.29, 1.82) is 0 Å². The van der Waals surface area contributed by atoms with Crippen molar-refractivity contribution in [3.63, 3.8) is 0 Å². The maximum atomic E-state index is 4.85. The second-order valence-corrected chi connectivity index (χ2v) is 7.67. The van der Waals surface area contributed by atoms with Crippen LogP contribution in [0.5, 0.6) is 0 Å². The van der Waals surface area contributed by atoms with E-state index < -0.39 is 0 Å². The molecule has 4 nitrogen and oxygen atoms in total. The van der Waals surface area contributed by atoms with Gasteiger partial charge in [0.2, 0.25) is 0 Å². The molecule has 2 aromatic heterocycles. The zero-order chi connectivity index (χ0) is 17.1. The predicted octanol–water partition coefficient (Wildman–Crippen LogP) is 4.48. The lowest BCUT2D eigenvalue weighted by Crippen LogP contribution is -2.34. The minimum Gasteiger partial charge on any atom is -0.296 e. The fraction of sp³-hybridized carbons (Fsp3) is 0.400. The summed E-state index contributed by atoms with van der Waals surface area (Å²) in [6.07, 6.45) is 5.53. The topological polar surface area (TPSA) is 44.8 Å². The summed E-state index contributed by atoms with van der Waals surface area (Å²) in [5.41, 5.74) is 5.01. The Labute approximate surface area is 152 Å². The highest BCUT2D eigenvalue weighted by Crippen LogP contribution is 2.30. The summed E-state index contributed by atoms with van der Waals surface area (Å²) in [7, 11) is 0. The van der Waals surface area contributed by atoms with E-state index in [9.17, 15) is 0 Å². The number of rotatable bonds is 5. The highest BCUT2D eigenvalue weighted by Gasteiger charge is 2.24. The van der Waals surface area contributed by atoms with Gasteiger partial charge in [-0.3, -0.25) is 10.00 Å². The van der Waals surface area contributed by atoms with Crippen molar-refractivity contribution in [2.24, 2.45) is 0 Å². The normalized spacial score (nSPS) is 18.5. The van der Waals surface area contributed by atoms with Gasteiger partial charge in [-0.25, -0.2) is 4.98 Å². The highest BCUT2D eigenvalue weighted by atomic mass is 32.1. The number of nitrogens with one attached hydrogen (secondary N) is 1. The number of aromatic nitrogens is 3. The second kappa shape index (κ2) is 7.50. The smallest absolute Gasteiger partial charge is 0.107 e. The second-order valence-electron chi connectivity index (χ2n) is 6.73. The summed E-state index contributed by atoms with van der Waals surface area (Å²) < 4.78 is 0. The average molecular weight is 353 g/mol. The number of hydrogen-bond acceptors (Lipinski definition) is 4. The van der Waals surface area contributed by atoms with Crippen LogP contribution in [0.3, 0.4) is 0 Å². The molecule has 1 aliphatic heterocycles. The van der Waals surface area contributed by atoms with Gasteiger partial charge in [0.15, 0.2) is 0 Å². The fourth-order valence-electron chi connectivity index (χ4n) is 3.71. The molecule has 0 spiro atoms. The molecule has 5 heteroatoms. The summed E-state index contributed by atoms with van der Waals surface area (Å²) in [5.74, 6) is 0.569. The monoisotopic (exact) mass is 352 g/mol. The Balaban J connectivity index is 1.44. The Morgan fingerprint density at radius 1 is 1.28 bits per heavy atom. The summed E-state index contributed by atoms with van der Waals surface area (Å²) >= 11 is 1.77. The van der Waals surface area contributed by atoms with Crippen molar-refractivity contribution in [3.8, 4) is 11.3 Å². The van der Waals surface area contributed by atoms with Gasteiger partial charge in [-0.2, -0.15) is 5.10 Å². The van der Waals surface area contributed by atoms with Crippen LogP contribution < -0.4 is 0 Å². The van der Waals surface area contributed by atoms with Crippen molar-refractivity contribution in [1.82, 2.24) is 20.1 Å². The maximum absolute atomic E-state index is 4.85. The number of aromatic amines is 1. The molecule has 1 fully saturated rings. The van der Waals surface area contributed by atoms with Crippen molar-refractivity contribution in [3.05, 3.63) is 58.2 Å². The van der Waals surface area contributed by atoms with E-state index in [-0.39, 0.29) is 0 Å². The third kappa shape index (κ3) is 3.67. The van der Waals surface area contributed by atoms with Gasteiger partial charge in [0.25, 0.3) is 0 Å². The minimum absolute atomic E-state index is 0.569. The summed E-state index contributed by atoms with van der Waals surface area (Å²) in [4.78, 5) is 7.40. The van der Waals surface area contributed by atoms with Crippen molar-refractivity contribution in [2.45, 2.75) is 38.6 Å². The van der Waals surface area contributed by atoms with Gasteiger partial charge < -0.3 is 0 Å². The lowest BCUT2D eigenvalue weighted by atomic mass is 9.92. The van der Waals surface area contributed by atoms with E-state index in [1.165, 1.54) is 34.7 Å². The van der Waals surface area contributed by atoms with Gasteiger partial charge in [-0.1, -0.05) is 37.3 Å². The molecule has 0 radical (unpaired) electrons. The van der Waals surface area contributed by atoms with Gasteiger partial charge in [0.05, 0.1) is 18.4 Å². The SMILES string of the molecule is CCc1cn[nH]c1C1CCCN(Cc2nc(-c3ccccc3)cs2)C1. The third-order valence-corrected chi connectivity index (χ3v) is 5.86. The molecule has 0 bridgehead atoms. The van der Waals surface area contributed by atoms with Gasteiger partial charge in [-0.05, 0) is 31.4 Å². The van der Waals surface area contributed by atoms with E-state index >= 15 is 0 Å². The van der Waals surface area contributed by atoms with Crippen molar-refractivity contribution in [2.75, 3.05) is 13.1 Å². The lowest BCUT2D eigenvalue weighted by molar-refractivity contribution is 0.198. The number of benzene rings is 1. The van der Waals surface area contributed by atoms with Crippen LogP contribution in [-0.2, 0) is 13.0 Å². The molecule has 4 rings (SSSR count). The number of hydrogen-bond donors (Lipinski definition) is 1. The van der Waals surface area contributed by atoms with E-state index in [0.29, 0.717) is 5.92 Å². The van der Waals surface area contributed by atoms with Gasteiger partial charge in [0, 0.05) is 29.1 Å². The van der Waals surface area contributed by atoms with Gasteiger partial charge in [-0.15, -0.1) is 11.3 Å². The summed E-state index contributed by atoms with van der Waals surface area (Å²) in [6, 6.07) is 10.4. The molecule has 1 saturated heterocycles. The molecule has 25 heavy (non-hydrogen) atoms. The van der Waals surface area contributed by atoms with Crippen molar-refractivity contribution < 1.29 is 0 Å². The van der Waals surface area contributed by atoms with Crippen LogP contribution in [0.2, 0.25) is 0 Å². The molecular weight excluding hydrogens is 328 g/mol. The lowest BCUT2D eigenvalue weighted by Gasteiger charge is -2.32. The number of H-pyrrole nitrogens is 1. The van der Waals surface area contributed by atoms with Crippen LogP contribution in [0.15, 0.2) is 41.9 Å². The van der Waals surface area contributed by atoms with E-state index in [2.05, 4.69) is 51.7 Å². The van der Waals surface area contributed by atoms with E-state index in [1.807, 2.05) is 12.3 Å². The number of piperidine rings is 1. The minimum atomic E-state index is 0.569. The van der Waals surface area contributed by atoms with Crippen LogP contribution >= 0.6 is 11.3 Å². The quantitative estimate of drug-likeness (QED) is 0.736. The Hall–Kier alpha value is -1.98. The summed E-state index contributed by atoms with van der Waals surface area (Å²) in [5, 5.41) is 10.9. The fourth-order valence-corrected chi connectivity index (χ4v) is 4.55. The van der Waals surface area contributed by atoms with Crippen LogP contribution in [0.1, 0.15) is 41.9 Å². The van der Waals surface area contributed by atoms with E-state index in [0.717, 1.165) is 31.7 Å². The molecular formula is C20H24N4S. The Kier molecular flexibility index (Phi) is 4.95. The first-order valence-electron chi connectivity index (χ1n) is 9.07. The molecule has 1 aromatic carbocycles. The molecule has 3 aromatic rings. The number of thiazole rings is 1. The largest absolute Gasteiger partial charge is 0.296 e. The average Bonchev–Trinajstić information content (AvgIpc) is 3.32. The maximum Gasteiger partial charge on any atom is 0.107 e. The molecule has 0 saturated carbocycles. The molecule has 0 aliphatic carbocycles. The Bertz CT molecular complexity index is 808. The third-order valence-electron chi connectivity index (χ3n) is 5.03. The first kappa shape index (κ1) is 16.5. The molecule has 0 amide bonds. The number of nitrogens with zero attached hydrogens (tertiary/aromatic N) is 3. The molecule has 130 valence electrons. The molecule has 1 atom stereocenters. The van der Waals surface area contributed by atoms with Crippen LogP contribution in [0.25, 0.3) is 11.3 Å². The molecule has 1 aliphatic rings. The standard InChI is InChI=1S/C20H24N4S/c1-2-15-11-21-23-20(15)17-9-6-10-24(12-17)13-19-22-18(14-25-19)16-7-4-3-5-8-16/h3-5,7-8,11,14,17H,2,6,9-10,12-13H2,1H3,(H,21,23). The van der Waals surface area contributed by atoms with Crippen LogP contribution in [-0.4, -0.2) is 33.2 Å². The summed E-state index contributed by atoms with van der Waals surface area (Å²) in [6.45, 7) is 5.40. The van der Waals surface area contributed by atoms with Gasteiger partial charge >= 0.3 is 0 Å². The zero-order valence-electron chi connectivity index (χ0n) is 14.6. The van der Waals surface area contributed by atoms with Gasteiger partial charge in [0.1, 0.15) is 5.01 Å². The molecule has 3 heterocycles.